The van der Waals surface area contributed by atoms with Crippen LogP contribution in [0.2, 0.25) is 0 Å². The van der Waals surface area contributed by atoms with Gasteiger partial charge in [-0.25, -0.2) is 4.79 Å². The summed E-state index contributed by atoms with van der Waals surface area (Å²) in [6.07, 6.45) is 3.06. The van der Waals surface area contributed by atoms with Gasteiger partial charge in [0.15, 0.2) is 0 Å². The van der Waals surface area contributed by atoms with E-state index in [9.17, 15) is 9.59 Å². The number of hydrogen-bond acceptors (Lipinski definition) is 3. The third kappa shape index (κ3) is 3.54. The quantitative estimate of drug-likeness (QED) is 0.876. The maximum absolute atomic E-state index is 12.2. The molecule has 1 aromatic carbocycles. The van der Waals surface area contributed by atoms with E-state index in [1.54, 1.807) is 18.2 Å². The lowest BCUT2D eigenvalue weighted by Gasteiger charge is -2.14. The molecule has 0 bridgehead atoms. The predicted octanol–water partition coefficient (Wildman–Crippen LogP) is 2.79. The number of benzene rings is 1. The molecule has 2 rings (SSSR count). The molecule has 0 saturated heterocycles. The van der Waals surface area contributed by atoms with Crippen LogP contribution in [0, 0.1) is 0 Å². The molecule has 0 aromatic heterocycles. The van der Waals surface area contributed by atoms with Crippen molar-refractivity contribution >= 4 is 23.6 Å². The van der Waals surface area contributed by atoms with Gasteiger partial charge in [0.2, 0.25) is 0 Å². The van der Waals surface area contributed by atoms with Crippen molar-refractivity contribution in [3.63, 3.8) is 0 Å². The number of amides is 1. The summed E-state index contributed by atoms with van der Waals surface area (Å²) in [7, 11) is 0. The van der Waals surface area contributed by atoms with Crippen molar-refractivity contribution in [1.82, 2.24) is 5.32 Å². The van der Waals surface area contributed by atoms with Crippen LogP contribution in [0.3, 0.4) is 0 Å². The van der Waals surface area contributed by atoms with E-state index in [1.165, 1.54) is 6.07 Å². The van der Waals surface area contributed by atoms with Gasteiger partial charge in [-0.2, -0.15) is 11.8 Å². The monoisotopic (exact) mass is 293 g/mol. The van der Waals surface area contributed by atoms with Crippen LogP contribution in [0.15, 0.2) is 24.3 Å². The molecule has 0 radical (unpaired) electrons. The molecule has 20 heavy (non-hydrogen) atoms. The zero-order chi connectivity index (χ0) is 14.5. The Morgan fingerprint density at radius 2 is 2.00 bits per heavy atom. The summed E-state index contributed by atoms with van der Waals surface area (Å²) in [5.41, 5.74) is 0.300. The smallest absolute Gasteiger partial charge is 0.336 e. The lowest BCUT2D eigenvalue weighted by molar-refractivity contribution is 0.0690. The molecule has 2 unspecified atom stereocenters. The first-order valence-corrected chi connectivity index (χ1v) is 7.91. The Morgan fingerprint density at radius 3 is 2.65 bits per heavy atom. The fourth-order valence-electron chi connectivity index (χ4n) is 2.59. The van der Waals surface area contributed by atoms with Crippen LogP contribution in [0.1, 0.15) is 46.9 Å². The van der Waals surface area contributed by atoms with Crippen molar-refractivity contribution in [3.05, 3.63) is 35.4 Å². The molecule has 1 aliphatic carbocycles. The normalized spacial score (nSPS) is 21.6. The third-order valence-electron chi connectivity index (χ3n) is 3.52. The molecule has 5 heteroatoms. The standard InChI is InChI=1S/C15H19NO3S/c1-2-20-11-8-7-10(9-11)16-14(17)12-5-3-4-6-13(12)15(18)19/h3-6,10-11H,2,7-9H2,1H3,(H,16,17)(H,18,19). The van der Waals surface area contributed by atoms with E-state index >= 15 is 0 Å². The Labute approximate surface area is 123 Å². The van der Waals surface area contributed by atoms with Gasteiger partial charge in [0, 0.05) is 11.3 Å². The summed E-state index contributed by atoms with van der Waals surface area (Å²) in [4.78, 5) is 23.3. The molecular formula is C15H19NO3S. The second kappa shape index (κ2) is 6.79. The minimum absolute atomic E-state index is 0.0579. The summed E-state index contributed by atoms with van der Waals surface area (Å²) >= 11 is 1.93. The number of carboxylic acid groups (broad SMARTS) is 1. The molecule has 1 saturated carbocycles. The molecule has 0 spiro atoms. The van der Waals surface area contributed by atoms with Crippen LogP contribution < -0.4 is 5.32 Å². The van der Waals surface area contributed by atoms with Gasteiger partial charge in [-0.1, -0.05) is 19.1 Å². The number of carbonyl (C=O) groups excluding carboxylic acids is 1. The first-order valence-electron chi connectivity index (χ1n) is 6.86. The van der Waals surface area contributed by atoms with E-state index in [2.05, 4.69) is 12.2 Å². The average molecular weight is 293 g/mol. The van der Waals surface area contributed by atoms with Crippen molar-refractivity contribution in [2.75, 3.05) is 5.75 Å². The molecule has 4 nitrogen and oxygen atoms in total. The third-order valence-corrected chi connectivity index (χ3v) is 4.76. The van der Waals surface area contributed by atoms with Gasteiger partial charge in [0.1, 0.15) is 0 Å². The van der Waals surface area contributed by atoms with Gasteiger partial charge in [0.25, 0.3) is 5.91 Å². The number of nitrogens with one attached hydrogen (secondary N) is 1. The average Bonchev–Trinajstić information content (AvgIpc) is 2.86. The van der Waals surface area contributed by atoms with E-state index in [-0.39, 0.29) is 23.1 Å². The molecule has 1 aliphatic rings. The number of aromatic carboxylic acids is 1. The van der Waals surface area contributed by atoms with Gasteiger partial charge in [-0.15, -0.1) is 0 Å². The van der Waals surface area contributed by atoms with E-state index < -0.39 is 5.97 Å². The topological polar surface area (TPSA) is 66.4 Å². The van der Waals surface area contributed by atoms with Gasteiger partial charge >= 0.3 is 5.97 Å². The molecule has 1 aromatic rings. The van der Waals surface area contributed by atoms with Gasteiger partial charge in [-0.3, -0.25) is 4.79 Å². The van der Waals surface area contributed by atoms with Gasteiger partial charge < -0.3 is 10.4 Å². The van der Waals surface area contributed by atoms with Crippen molar-refractivity contribution in [3.8, 4) is 0 Å². The zero-order valence-electron chi connectivity index (χ0n) is 11.5. The van der Waals surface area contributed by atoms with Crippen LogP contribution >= 0.6 is 11.8 Å². The van der Waals surface area contributed by atoms with Crippen LogP contribution in [0.5, 0.6) is 0 Å². The maximum Gasteiger partial charge on any atom is 0.336 e. The second-order valence-corrected chi connectivity index (χ2v) is 6.49. The Kier molecular flexibility index (Phi) is 5.06. The van der Waals surface area contributed by atoms with Crippen molar-refractivity contribution in [1.29, 1.82) is 0 Å². The highest BCUT2D eigenvalue weighted by Crippen LogP contribution is 2.29. The molecule has 2 atom stereocenters. The molecule has 2 N–H and O–H groups in total. The SMILES string of the molecule is CCSC1CCC(NC(=O)c2ccccc2C(=O)O)C1. The summed E-state index contributed by atoms with van der Waals surface area (Å²) in [5.74, 6) is -0.260. The first-order chi connectivity index (χ1) is 9.61. The van der Waals surface area contributed by atoms with Crippen molar-refractivity contribution < 1.29 is 14.7 Å². The van der Waals surface area contributed by atoms with Crippen LogP contribution in [-0.4, -0.2) is 34.0 Å². The fourth-order valence-corrected chi connectivity index (χ4v) is 3.73. The van der Waals surface area contributed by atoms with Crippen LogP contribution in [0.25, 0.3) is 0 Å². The van der Waals surface area contributed by atoms with Crippen LogP contribution in [0.4, 0.5) is 0 Å². The maximum atomic E-state index is 12.2. The molecule has 0 heterocycles. The Hall–Kier alpha value is -1.49. The lowest BCUT2D eigenvalue weighted by Crippen LogP contribution is -2.34. The number of carboxylic acids is 1. The summed E-state index contributed by atoms with van der Waals surface area (Å²) < 4.78 is 0. The predicted molar refractivity (Wildman–Crippen MR) is 80.4 cm³/mol. The van der Waals surface area contributed by atoms with E-state index in [0.29, 0.717) is 5.25 Å². The molecule has 1 amide bonds. The molecule has 1 fully saturated rings. The minimum Gasteiger partial charge on any atom is -0.478 e. The van der Waals surface area contributed by atoms with Crippen molar-refractivity contribution in [2.24, 2.45) is 0 Å². The Bertz CT molecular complexity index is 504. The number of hydrogen-bond donors (Lipinski definition) is 2. The van der Waals surface area contributed by atoms with Gasteiger partial charge in [0.05, 0.1) is 11.1 Å². The Morgan fingerprint density at radius 1 is 1.30 bits per heavy atom. The van der Waals surface area contributed by atoms with Crippen LogP contribution in [-0.2, 0) is 0 Å². The van der Waals surface area contributed by atoms with E-state index in [1.807, 2.05) is 11.8 Å². The highest BCUT2D eigenvalue weighted by atomic mass is 32.2. The summed E-state index contributed by atoms with van der Waals surface area (Å²) in [5, 5.41) is 12.7. The number of thioether (sulfide) groups is 1. The highest BCUT2D eigenvalue weighted by Gasteiger charge is 2.27. The first kappa shape index (κ1) is 14.9. The molecule has 108 valence electrons. The summed E-state index contributed by atoms with van der Waals surface area (Å²) in [6, 6.07) is 6.50. The van der Waals surface area contributed by atoms with E-state index in [0.717, 1.165) is 25.0 Å². The van der Waals surface area contributed by atoms with Gasteiger partial charge in [-0.05, 0) is 37.1 Å². The van der Waals surface area contributed by atoms with Crippen molar-refractivity contribution in [2.45, 2.75) is 37.5 Å². The molecule has 0 aliphatic heterocycles. The summed E-state index contributed by atoms with van der Waals surface area (Å²) in [6.45, 7) is 2.14. The molecular weight excluding hydrogens is 274 g/mol. The zero-order valence-corrected chi connectivity index (χ0v) is 12.3. The Balaban J connectivity index is 2.01. The largest absolute Gasteiger partial charge is 0.478 e. The highest BCUT2D eigenvalue weighted by molar-refractivity contribution is 7.99. The number of carbonyl (C=O) groups is 2. The van der Waals surface area contributed by atoms with E-state index in [4.69, 9.17) is 5.11 Å². The lowest BCUT2D eigenvalue weighted by atomic mass is 10.1. The fraction of sp³-hybridized carbons (Fsp3) is 0.467. The number of rotatable bonds is 5. The second-order valence-electron chi connectivity index (χ2n) is 4.91. The minimum atomic E-state index is -1.07.